The third-order valence-electron chi connectivity index (χ3n) is 2.43. The molecular weight excluding hydrogens is 154 g/mol. The summed E-state index contributed by atoms with van der Waals surface area (Å²) in [6.45, 7) is 8.24. The van der Waals surface area contributed by atoms with Crippen molar-refractivity contribution in [2.75, 3.05) is 0 Å². The monoisotopic (exact) mass is 171 g/mol. The first-order valence-electron chi connectivity index (χ1n) is 4.35. The Balaban J connectivity index is 2.68. The maximum absolute atomic E-state index is 10.7. The summed E-state index contributed by atoms with van der Waals surface area (Å²) in [5.74, 6) is -0.692. The molecule has 3 nitrogen and oxygen atoms in total. The fourth-order valence-electron chi connectivity index (χ4n) is 2.07. The topological polar surface area (TPSA) is 40.5 Å². The maximum atomic E-state index is 10.7. The lowest BCUT2D eigenvalue weighted by Crippen LogP contribution is -2.65. The second kappa shape index (κ2) is 2.73. The molecular formula is C9H17NO2. The lowest BCUT2D eigenvalue weighted by atomic mass is 9.87. The molecule has 12 heavy (non-hydrogen) atoms. The zero-order chi connectivity index (χ0) is 9.52. The van der Waals surface area contributed by atoms with Gasteiger partial charge < -0.3 is 5.11 Å². The van der Waals surface area contributed by atoms with E-state index in [4.69, 9.17) is 5.11 Å². The Morgan fingerprint density at radius 2 is 2.00 bits per heavy atom. The van der Waals surface area contributed by atoms with Gasteiger partial charge in [0.25, 0.3) is 0 Å². The van der Waals surface area contributed by atoms with Crippen LogP contribution in [0.1, 0.15) is 34.1 Å². The summed E-state index contributed by atoms with van der Waals surface area (Å²) in [6, 6.07) is 0.145. The minimum Gasteiger partial charge on any atom is -0.480 e. The third kappa shape index (κ3) is 1.46. The molecule has 0 aromatic carbocycles. The van der Waals surface area contributed by atoms with Crippen LogP contribution in [0.25, 0.3) is 0 Å². The number of aliphatic carboxylic acids is 1. The zero-order valence-corrected chi connectivity index (χ0v) is 8.16. The van der Waals surface area contributed by atoms with E-state index in [2.05, 4.69) is 32.6 Å². The van der Waals surface area contributed by atoms with Crippen LogP contribution in [0.3, 0.4) is 0 Å². The first-order chi connectivity index (χ1) is 5.34. The number of hydrogen-bond donors (Lipinski definition) is 1. The highest BCUT2D eigenvalue weighted by Crippen LogP contribution is 2.33. The Hall–Kier alpha value is -0.570. The van der Waals surface area contributed by atoms with E-state index in [1.165, 1.54) is 0 Å². The van der Waals surface area contributed by atoms with Gasteiger partial charge in [-0.15, -0.1) is 0 Å². The number of hydrogen-bond acceptors (Lipinski definition) is 2. The lowest BCUT2D eigenvalue weighted by molar-refractivity contribution is -0.158. The van der Waals surface area contributed by atoms with Crippen molar-refractivity contribution in [3.8, 4) is 0 Å². The molecule has 70 valence electrons. The summed E-state index contributed by atoms with van der Waals surface area (Å²) in [7, 11) is 0. The fraction of sp³-hybridized carbons (Fsp3) is 0.889. The van der Waals surface area contributed by atoms with Crippen molar-refractivity contribution in [1.82, 2.24) is 4.90 Å². The molecule has 1 fully saturated rings. The Morgan fingerprint density at radius 3 is 2.17 bits per heavy atom. The van der Waals surface area contributed by atoms with E-state index in [-0.39, 0.29) is 11.6 Å². The molecule has 1 aliphatic heterocycles. The molecule has 1 saturated heterocycles. The first kappa shape index (κ1) is 9.52. The SMILES string of the molecule is C[C@H]1C[C@@H](C(=O)O)N1C(C)(C)C. The van der Waals surface area contributed by atoms with E-state index in [1.807, 2.05) is 0 Å². The average molecular weight is 171 g/mol. The van der Waals surface area contributed by atoms with Crippen molar-refractivity contribution in [3.05, 3.63) is 0 Å². The number of nitrogens with zero attached hydrogens (tertiary/aromatic N) is 1. The van der Waals surface area contributed by atoms with E-state index in [9.17, 15) is 4.79 Å². The second-order valence-corrected chi connectivity index (χ2v) is 4.52. The Morgan fingerprint density at radius 1 is 1.50 bits per heavy atom. The third-order valence-corrected chi connectivity index (χ3v) is 2.43. The Labute approximate surface area is 73.4 Å². The molecule has 1 N–H and O–H groups in total. The van der Waals surface area contributed by atoms with Gasteiger partial charge in [-0.05, 0) is 34.1 Å². The van der Waals surface area contributed by atoms with E-state index in [0.29, 0.717) is 6.04 Å². The van der Waals surface area contributed by atoms with Gasteiger partial charge in [-0.25, -0.2) is 0 Å². The smallest absolute Gasteiger partial charge is 0.321 e. The van der Waals surface area contributed by atoms with Gasteiger partial charge in [0, 0.05) is 11.6 Å². The highest BCUT2D eigenvalue weighted by atomic mass is 16.4. The summed E-state index contributed by atoms with van der Waals surface area (Å²) in [6.07, 6.45) is 0.784. The lowest BCUT2D eigenvalue weighted by Gasteiger charge is -2.52. The normalized spacial score (nSPS) is 31.3. The van der Waals surface area contributed by atoms with E-state index in [1.54, 1.807) is 0 Å². The minimum atomic E-state index is -0.692. The Bertz CT molecular complexity index is 195. The predicted molar refractivity (Wildman–Crippen MR) is 47.1 cm³/mol. The highest BCUT2D eigenvalue weighted by Gasteiger charge is 2.45. The summed E-state index contributed by atoms with van der Waals surface area (Å²) in [4.78, 5) is 12.8. The van der Waals surface area contributed by atoms with Crippen LogP contribution in [0.15, 0.2) is 0 Å². The number of carboxylic acids is 1. The van der Waals surface area contributed by atoms with Gasteiger partial charge in [0.05, 0.1) is 0 Å². The summed E-state index contributed by atoms with van der Waals surface area (Å²) in [5.41, 5.74) is -0.0271. The number of carboxylic acid groups (broad SMARTS) is 1. The fourth-order valence-corrected chi connectivity index (χ4v) is 2.07. The standard InChI is InChI=1S/C9H17NO2/c1-6-5-7(8(11)12)10(6)9(2,3)4/h6-7H,5H2,1-4H3,(H,11,12)/t6-,7-/m0/s1. The number of carbonyl (C=O) groups is 1. The Kier molecular flexibility index (Phi) is 2.17. The van der Waals surface area contributed by atoms with Gasteiger partial charge in [0.1, 0.15) is 6.04 Å². The quantitative estimate of drug-likeness (QED) is 0.647. The molecule has 0 aromatic heterocycles. The molecule has 0 spiro atoms. The minimum absolute atomic E-state index is 0.0271. The van der Waals surface area contributed by atoms with Crippen molar-refractivity contribution in [2.24, 2.45) is 0 Å². The zero-order valence-electron chi connectivity index (χ0n) is 8.16. The van der Waals surface area contributed by atoms with Gasteiger partial charge in [0.2, 0.25) is 0 Å². The van der Waals surface area contributed by atoms with Crippen LogP contribution in [0, 0.1) is 0 Å². The molecule has 3 heteroatoms. The van der Waals surface area contributed by atoms with Crippen molar-refractivity contribution < 1.29 is 9.90 Å². The molecule has 0 saturated carbocycles. The summed E-state index contributed by atoms with van der Waals surface area (Å²) in [5, 5.41) is 8.84. The number of rotatable bonds is 1. The highest BCUT2D eigenvalue weighted by molar-refractivity contribution is 5.75. The number of likely N-dealkylation sites (tertiary alicyclic amines) is 1. The second-order valence-electron chi connectivity index (χ2n) is 4.52. The molecule has 0 radical (unpaired) electrons. The van der Waals surface area contributed by atoms with Crippen molar-refractivity contribution in [3.63, 3.8) is 0 Å². The van der Waals surface area contributed by atoms with Crippen LogP contribution in [-0.4, -0.2) is 33.6 Å². The van der Waals surface area contributed by atoms with Gasteiger partial charge in [-0.1, -0.05) is 0 Å². The summed E-state index contributed by atoms with van der Waals surface area (Å²) >= 11 is 0. The van der Waals surface area contributed by atoms with Gasteiger partial charge >= 0.3 is 5.97 Å². The molecule has 0 aliphatic carbocycles. The molecule has 1 rings (SSSR count). The van der Waals surface area contributed by atoms with Gasteiger partial charge in [0.15, 0.2) is 0 Å². The van der Waals surface area contributed by atoms with E-state index >= 15 is 0 Å². The average Bonchev–Trinajstić information content (AvgIpc) is 1.77. The van der Waals surface area contributed by atoms with E-state index < -0.39 is 5.97 Å². The maximum Gasteiger partial charge on any atom is 0.321 e. The van der Waals surface area contributed by atoms with Gasteiger partial charge in [-0.2, -0.15) is 0 Å². The molecule has 0 unspecified atom stereocenters. The van der Waals surface area contributed by atoms with Crippen LogP contribution in [0.2, 0.25) is 0 Å². The molecule has 0 bridgehead atoms. The molecule has 1 heterocycles. The predicted octanol–water partition coefficient (Wildman–Crippen LogP) is 1.33. The van der Waals surface area contributed by atoms with Crippen LogP contribution in [0.4, 0.5) is 0 Å². The van der Waals surface area contributed by atoms with Crippen LogP contribution >= 0.6 is 0 Å². The van der Waals surface area contributed by atoms with E-state index in [0.717, 1.165) is 6.42 Å². The van der Waals surface area contributed by atoms with Crippen molar-refractivity contribution >= 4 is 5.97 Å². The molecule has 2 atom stereocenters. The van der Waals surface area contributed by atoms with Crippen molar-refractivity contribution in [1.29, 1.82) is 0 Å². The first-order valence-corrected chi connectivity index (χ1v) is 4.35. The van der Waals surface area contributed by atoms with Crippen LogP contribution in [-0.2, 0) is 4.79 Å². The summed E-state index contributed by atoms with van der Waals surface area (Å²) < 4.78 is 0. The molecule has 0 aromatic rings. The van der Waals surface area contributed by atoms with Crippen LogP contribution in [0.5, 0.6) is 0 Å². The van der Waals surface area contributed by atoms with Crippen LogP contribution < -0.4 is 0 Å². The molecule has 1 aliphatic rings. The van der Waals surface area contributed by atoms with Crippen molar-refractivity contribution in [2.45, 2.75) is 51.7 Å². The largest absolute Gasteiger partial charge is 0.480 e. The molecule has 0 amide bonds. The van der Waals surface area contributed by atoms with Gasteiger partial charge in [-0.3, -0.25) is 9.69 Å².